The lowest BCUT2D eigenvalue weighted by Crippen LogP contribution is -2.56. The van der Waals surface area contributed by atoms with E-state index in [4.69, 9.17) is 4.74 Å². The first kappa shape index (κ1) is 21.4. The zero-order valence-electron chi connectivity index (χ0n) is 19.5. The summed E-state index contributed by atoms with van der Waals surface area (Å²) < 4.78 is 5.36. The van der Waals surface area contributed by atoms with E-state index in [0.29, 0.717) is 12.6 Å². The molecule has 0 spiro atoms. The van der Waals surface area contributed by atoms with Gasteiger partial charge in [-0.15, -0.1) is 0 Å². The van der Waals surface area contributed by atoms with E-state index < -0.39 is 0 Å². The maximum absolute atomic E-state index is 10.9. The molecule has 2 aromatic rings. The average molecular weight is 449 g/mol. The first-order valence-corrected chi connectivity index (χ1v) is 12.6. The lowest BCUT2D eigenvalue weighted by atomic mass is 10.00. The molecule has 0 amide bonds. The topological polar surface area (TPSA) is 42.4 Å². The number of rotatable bonds is 6. The third-order valence-electron chi connectivity index (χ3n) is 7.98. The molecule has 4 aliphatic rings. The summed E-state index contributed by atoms with van der Waals surface area (Å²) in [6.07, 6.45) is 1.83. The highest BCUT2D eigenvalue weighted by Crippen LogP contribution is 2.32. The largest absolute Gasteiger partial charge is 0.390 e. The van der Waals surface area contributed by atoms with Gasteiger partial charge in [0, 0.05) is 70.3 Å². The molecule has 6 rings (SSSR count). The van der Waals surface area contributed by atoms with Crippen LogP contribution in [0.1, 0.15) is 16.7 Å². The van der Waals surface area contributed by atoms with E-state index >= 15 is 0 Å². The van der Waals surface area contributed by atoms with Crippen molar-refractivity contribution in [3.05, 3.63) is 59.2 Å². The van der Waals surface area contributed by atoms with Crippen LogP contribution in [0.4, 0.5) is 11.4 Å². The second kappa shape index (κ2) is 9.26. The Labute approximate surface area is 197 Å². The SMILES string of the molecule is OC(CN1CCc2ccccc2C1)CN1CCc2cc(N3CCN(C4COC4)CC3)ccc21. The monoisotopic (exact) mass is 448 g/mol. The Morgan fingerprint density at radius 2 is 1.64 bits per heavy atom. The quantitative estimate of drug-likeness (QED) is 0.729. The molecule has 33 heavy (non-hydrogen) atoms. The van der Waals surface area contributed by atoms with E-state index in [2.05, 4.69) is 62.1 Å². The number of fused-ring (bicyclic) bond motifs is 2. The van der Waals surface area contributed by atoms with Crippen LogP contribution < -0.4 is 9.80 Å². The Morgan fingerprint density at radius 1 is 0.848 bits per heavy atom. The van der Waals surface area contributed by atoms with Gasteiger partial charge in [0.2, 0.25) is 0 Å². The number of hydrogen-bond donors (Lipinski definition) is 1. The number of anilines is 2. The molecule has 2 aromatic carbocycles. The van der Waals surface area contributed by atoms with E-state index in [0.717, 1.165) is 78.4 Å². The second-order valence-corrected chi connectivity index (χ2v) is 10.1. The minimum atomic E-state index is -0.329. The molecule has 176 valence electrons. The van der Waals surface area contributed by atoms with Crippen molar-refractivity contribution in [2.75, 3.05) is 75.4 Å². The maximum atomic E-state index is 10.9. The number of β-amino-alcohol motifs (C(OH)–C–C–N with tert-alkyl or cyclic N) is 1. The standard InChI is InChI=1S/C27H36N4O2/c32-26(17-28-9-7-21-3-1-2-4-23(21)16-28)18-31-10-8-22-15-24(5-6-27(22)31)29-11-13-30(14-12-29)25-19-33-20-25/h1-6,15,25-26,32H,7-14,16-20H2. The molecule has 6 nitrogen and oxygen atoms in total. The van der Waals surface area contributed by atoms with Gasteiger partial charge in [-0.25, -0.2) is 0 Å². The van der Waals surface area contributed by atoms with E-state index in [1.54, 1.807) is 0 Å². The molecule has 0 saturated carbocycles. The van der Waals surface area contributed by atoms with Crippen molar-refractivity contribution >= 4 is 11.4 Å². The molecule has 0 aliphatic carbocycles. The Morgan fingerprint density at radius 3 is 2.42 bits per heavy atom. The lowest BCUT2D eigenvalue weighted by Gasteiger charge is -2.43. The van der Waals surface area contributed by atoms with E-state index in [9.17, 15) is 5.11 Å². The van der Waals surface area contributed by atoms with E-state index in [-0.39, 0.29) is 6.10 Å². The zero-order chi connectivity index (χ0) is 22.2. The lowest BCUT2D eigenvalue weighted by molar-refractivity contribution is -0.0660. The van der Waals surface area contributed by atoms with Crippen LogP contribution in [0.25, 0.3) is 0 Å². The maximum Gasteiger partial charge on any atom is 0.0841 e. The van der Waals surface area contributed by atoms with Crippen LogP contribution in [0.5, 0.6) is 0 Å². The van der Waals surface area contributed by atoms with Crippen LogP contribution in [0.3, 0.4) is 0 Å². The van der Waals surface area contributed by atoms with Crippen molar-refractivity contribution in [2.24, 2.45) is 0 Å². The molecular weight excluding hydrogens is 412 g/mol. The summed E-state index contributed by atoms with van der Waals surface area (Å²) in [5.74, 6) is 0. The Balaban J connectivity index is 1.03. The molecule has 6 heteroatoms. The summed E-state index contributed by atoms with van der Waals surface area (Å²) in [7, 11) is 0. The summed E-state index contributed by atoms with van der Waals surface area (Å²) >= 11 is 0. The van der Waals surface area contributed by atoms with Gasteiger partial charge in [0.1, 0.15) is 0 Å². The van der Waals surface area contributed by atoms with Gasteiger partial charge < -0.3 is 19.6 Å². The summed E-state index contributed by atoms with van der Waals surface area (Å²) in [6, 6.07) is 16.3. The number of piperazine rings is 1. The van der Waals surface area contributed by atoms with Gasteiger partial charge in [-0.05, 0) is 47.7 Å². The van der Waals surface area contributed by atoms with Gasteiger partial charge in [-0.3, -0.25) is 9.80 Å². The number of benzene rings is 2. The molecule has 2 saturated heterocycles. The molecule has 1 unspecified atom stereocenters. The normalized spacial score (nSPS) is 22.7. The van der Waals surface area contributed by atoms with Crippen LogP contribution in [0.15, 0.2) is 42.5 Å². The molecule has 4 heterocycles. The smallest absolute Gasteiger partial charge is 0.0841 e. The first-order valence-electron chi connectivity index (χ1n) is 12.6. The van der Waals surface area contributed by atoms with Crippen LogP contribution in [-0.2, 0) is 24.1 Å². The van der Waals surface area contributed by atoms with Crippen molar-refractivity contribution in [1.29, 1.82) is 0 Å². The number of nitrogens with zero attached hydrogens (tertiary/aromatic N) is 4. The van der Waals surface area contributed by atoms with Gasteiger partial charge >= 0.3 is 0 Å². The van der Waals surface area contributed by atoms with Crippen molar-refractivity contribution in [2.45, 2.75) is 31.5 Å². The third kappa shape index (κ3) is 4.50. The summed E-state index contributed by atoms with van der Waals surface area (Å²) in [5.41, 5.74) is 6.98. The Bertz CT molecular complexity index is 970. The predicted molar refractivity (Wildman–Crippen MR) is 132 cm³/mol. The molecule has 0 aromatic heterocycles. The molecule has 0 bridgehead atoms. The molecule has 0 radical (unpaired) electrons. The Kier molecular flexibility index (Phi) is 6.01. The molecule has 2 fully saturated rings. The van der Waals surface area contributed by atoms with Gasteiger partial charge in [0.15, 0.2) is 0 Å². The summed E-state index contributed by atoms with van der Waals surface area (Å²) in [5, 5.41) is 10.9. The summed E-state index contributed by atoms with van der Waals surface area (Å²) in [6.45, 7) is 10.7. The van der Waals surface area contributed by atoms with Crippen molar-refractivity contribution in [3.63, 3.8) is 0 Å². The number of aliphatic hydroxyl groups excluding tert-OH is 1. The fourth-order valence-electron chi connectivity index (χ4n) is 5.94. The minimum Gasteiger partial charge on any atom is -0.390 e. The fourth-order valence-corrected chi connectivity index (χ4v) is 5.94. The minimum absolute atomic E-state index is 0.329. The molecule has 1 atom stereocenters. The third-order valence-corrected chi connectivity index (χ3v) is 7.98. The zero-order valence-corrected chi connectivity index (χ0v) is 19.5. The van der Waals surface area contributed by atoms with E-state index in [1.165, 1.54) is 28.1 Å². The average Bonchev–Trinajstić information content (AvgIpc) is 3.20. The van der Waals surface area contributed by atoms with Crippen molar-refractivity contribution in [3.8, 4) is 0 Å². The van der Waals surface area contributed by atoms with Crippen LogP contribution in [0, 0.1) is 0 Å². The van der Waals surface area contributed by atoms with Gasteiger partial charge in [0.05, 0.1) is 25.4 Å². The van der Waals surface area contributed by atoms with Gasteiger partial charge in [-0.2, -0.15) is 0 Å². The van der Waals surface area contributed by atoms with E-state index in [1.807, 2.05) is 0 Å². The summed E-state index contributed by atoms with van der Waals surface area (Å²) in [4.78, 5) is 9.90. The first-order chi connectivity index (χ1) is 16.2. The highest BCUT2D eigenvalue weighted by Gasteiger charge is 2.30. The number of ether oxygens (including phenoxy) is 1. The Hall–Kier alpha value is -2.12. The number of hydrogen-bond acceptors (Lipinski definition) is 6. The van der Waals surface area contributed by atoms with Crippen LogP contribution >= 0.6 is 0 Å². The second-order valence-electron chi connectivity index (χ2n) is 10.1. The predicted octanol–water partition coefficient (Wildman–Crippen LogP) is 1.99. The van der Waals surface area contributed by atoms with Gasteiger partial charge in [0.25, 0.3) is 0 Å². The van der Waals surface area contributed by atoms with Gasteiger partial charge in [-0.1, -0.05) is 24.3 Å². The molecule has 1 N–H and O–H groups in total. The molecule has 4 aliphatic heterocycles. The van der Waals surface area contributed by atoms with Crippen LogP contribution in [0.2, 0.25) is 0 Å². The van der Waals surface area contributed by atoms with Crippen molar-refractivity contribution in [1.82, 2.24) is 9.80 Å². The number of aliphatic hydroxyl groups is 1. The van der Waals surface area contributed by atoms with Crippen LogP contribution in [-0.4, -0.2) is 92.6 Å². The highest BCUT2D eigenvalue weighted by atomic mass is 16.5. The van der Waals surface area contributed by atoms with Crippen molar-refractivity contribution < 1.29 is 9.84 Å². The highest BCUT2D eigenvalue weighted by molar-refractivity contribution is 5.65. The fraction of sp³-hybridized carbons (Fsp3) is 0.556. The molecular formula is C27H36N4O2.